The average Bonchev–Trinajstić information content (AvgIpc) is 2.43. The van der Waals surface area contributed by atoms with Gasteiger partial charge in [-0.05, 0) is 51.4 Å². The number of aromatic nitrogens is 3. The minimum absolute atomic E-state index is 0.632. The van der Waals surface area contributed by atoms with Crippen molar-refractivity contribution in [2.24, 2.45) is 5.73 Å². The lowest BCUT2D eigenvalue weighted by molar-refractivity contribution is 0.775. The molecule has 2 N–H and O–H groups in total. The third-order valence-corrected chi connectivity index (χ3v) is 3.22. The van der Waals surface area contributed by atoms with E-state index in [2.05, 4.69) is 45.2 Å². The molecule has 0 aliphatic rings. The van der Waals surface area contributed by atoms with Gasteiger partial charge in [0.1, 0.15) is 0 Å². The molecule has 1 heterocycles. The van der Waals surface area contributed by atoms with E-state index >= 15 is 0 Å². The molecule has 1 aromatic heterocycles. The van der Waals surface area contributed by atoms with Gasteiger partial charge in [0.15, 0.2) is 0 Å². The number of hydrogen-bond donors (Lipinski definition) is 1. The smallest absolute Gasteiger partial charge is 0.250 e. The molecule has 0 bridgehead atoms. The van der Waals surface area contributed by atoms with Crippen LogP contribution in [-0.4, -0.2) is 28.3 Å². The maximum absolute atomic E-state index is 5.63. The minimum atomic E-state index is 0.632. The molecule has 0 radical (unpaired) electrons. The van der Waals surface area contributed by atoms with Crippen LogP contribution in [0.4, 0.5) is 11.6 Å². The maximum Gasteiger partial charge on any atom is 0.250 e. The van der Waals surface area contributed by atoms with E-state index in [0.717, 1.165) is 30.0 Å². The van der Waals surface area contributed by atoms with Crippen LogP contribution in [0.15, 0.2) is 24.3 Å². The van der Waals surface area contributed by atoms with E-state index in [0.29, 0.717) is 12.5 Å². The van der Waals surface area contributed by atoms with Crippen LogP contribution in [0.25, 0.3) is 0 Å². The fourth-order valence-corrected chi connectivity index (χ4v) is 1.95. The molecule has 0 fully saturated rings. The van der Waals surface area contributed by atoms with Crippen molar-refractivity contribution in [1.29, 1.82) is 0 Å². The van der Waals surface area contributed by atoms with Crippen LogP contribution in [0.1, 0.15) is 23.4 Å². The first kappa shape index (κ1) is 14.4. The van der Waals surface area contributed by atoms with Crippen LogP contribution >= 0.6 is 0 Å². The molecular weight excluding hydrogens is 250 g/mol. The van der Waals surface area contributed by atoms with Gasteiger partial charge in [-0.1, -0.05) is 12.1 Å². The second-order valence-corrected chi connectivity index (χ2v) is 4.92. The summed E-state index contributed by atoms with van der Waals surface area (Å²) in [5.74, 6) is 0.632. The fraction of sp³-hybridized carbons (Fsp3) is 0.400. The van der Waals surface area contributed by atoms with Gasteiger partial charge in [0.2, 0.25) is 5.95 Å². The van der Waals surface area contributed by atoms with Crippen molar-refractivity contribution in [3.05, 3.63) is 41.2 Å². The highest BCUT2D eigenvalue weighted by Gasteiger charge is 2.13. The zero-order valence-electron chi connectivity index (χ0n) is 12.3. The Balaban J connectivity index is 2.38. The molecule has 0 atom stereocenters. The highest BCUT2D eigenvalue weighted by Crippen LogP contribution is 2.23. The molecule has 2 rings (SSSR count). The molecule has 0 saturated carbocycles. The Morgan fingerprint density at radius 3 is 2.55 bits per heavy atom. The lowest BCUT2D eigenvalue weighted by Crippen LogP contribution is -2.24. The second-order valence-electron chi connectivity index (χ2n) is 4.92. The number of hydrogen-bond acceptors (Lipinski definition) is 5. The lowest BCUT2D eigenvalue weighted by atomic mass is 10.2. The van der Waals surface area contributed by atoms with Gasteiger partial charge in [0.25, 0.3) is 0 Å². The summed E-state index contributed by atoms with van der Waals surface area (Å²) in [5.41, 5.74) is 9.67. The predicted molar refractivity (Wildman–Crippen MR) is 81.2 cm³/mol. The van der Waals surface area contributed by atoms with E-state index in [-0.39, 0.29) is 0 Å². The summed E-state index contributed by atoms with van der Waals surface area (Å²) < 4.78 is 0. The van der Waals surface area contributed by atoms with Crippen molar-refractivity contribution in [2.75, 3.05) is 18.0 Å². The summed E-state index contributed by atoms with van der Waals surface area (Å²) in [6.07, 6.45) is 0.879. The highest BCUT2D eigenvalue weighted by atomic mass is 15.3. The first-order chi connectivity index (χ1) is 9.61. The number of anilines is 2. The molecule has 5 heteroatoms. The van der Waals surface area contributed by atoms with Crippen LogP contribution in [0.3, 0.4) is 0 Å². The summed E-state index contributed by atoms with van der Waals surface area (Å²) >= 11 is 0. The first-order valence-corrected chi connectivity index (χ1v) is 6.84. The van der Waals surface area contributed by atoms with E-state index in [1.165, 1.54) is 5.56 Å². The largest absolute Gasteiger partial charge is 0.330 e. The minimum Gasteiger partial charge on any atom is -0.330 e. The van der Waals surface area contributed by atoms with Crippen LogP contribution in [0, 0.1) is 20.8 Å². The Bertz CT molecular complexity index is 582. The van der Waals surface area contributed by atoms with Crippen molar-refractivity contribution < 1.29 is 0 Å². The van der Waals surface area contributed by atoms with E-state index in [1.807, 2.05) is 19.9 Å². The second kappa shape index (κ2) is 6.43. The van der Waals surface area contributed by atoms with Crippen LogP contribution in [0.5, 0.6) is 0 Å². The Hall–Kier alpha value is -2.01. The molecule has 0 saturated heterocycles. The van der Waals surface area contributed by atoms with E-state index in [9.17, 15) is 0 Å². The van der Waals surface area contributed by atoms with Crippen molar-refractivity contribution in [2.45, 2.75) is 27.2 Å². The molecular formula is C15H21N5. The van der Waals surface area contributed by atoms with Gasteiger partial charge in [-0.3, -0.25) is 0 Å². The normalized spacial score (nSPS) is 10.6. The van der Waals surface area contributed by atoms with E-state index < -0.39 is 0 Å². The molecule has 0 unspecified atom stereocenters. The molecule has 5 nitrogen and oxygen atoms in total. The number of rotatable bonds is 5. The third-order valence-electron chi connectivity index (χ3n) is 3.22. The van der Waals surface area contributed by atoms with Gasteiger partial charge in [-0.25, -0.2) is 4.98 Å². The van der Waals surface area contributed by atoms with Gasteiger partial charge in [-0.2, -0.15) is 5.10 Å². The van der Waals surface area contributed by atoms with Crippen molar-refractivity contribution in [3.63, 3.8) is 0 Å². The zero-order valence-corrected chi connectivity index (χ0v) is 12.3. The van der Waals surface area contributed by atoms with Gasteiger partial charge in [-0.15, -0.1) is 5.10 Å². The monoisotopic (exact) mass is 271 g/mol. The maximum atomic E-state index is 5.63. The number of aryl methyl sites for hydroxylation is 3. The molecule has 0 aliphatic heterocycles. The Morgan fingerprint density at radius 1 is 1.10 bits per heavy atom. The predicted octanol–water partition coefficient (Wildman–Crippen LogP) is 2.28. The highest BCUT2D eigenvalue weighted by molar-refractivity contribution is 5.57. The lowest BCUT2D eigenvalue weighted by Gasteiger charge is -2.22. The van der Waals surface area contributed by atoms with Gasteiger partial charge < -0.3 is 10.6 Å². The van der Waals surface area contributed by atoms with Gasteiger partial charge in [0, 0.05) is 12.2 Å². The molecule has 20 heavy (non-hydrogen) atoms. The Labute approximate surface area is 119 Å². The summed E-state index contributed by atoms with van der Waals surface area (Å²) in [6, 6.07) is 8.29. The standard InChI is InChI=1S/C15H21N5/c1-11-6-4-7-14(10-11)20(9-5-8-16)15-17-12(2)13(3)18-19-15/h4,6-7,10H,5,8-9,16H2,1-3H3. The topological polar surface area (TPSA) is 67.9 Å². The van der Waals surface area contributed by atoms with Gasteiger partial charge in [0.05, 0.1) is 11.4 Å². The van der Waals surface area contributed by atoms with Crippen LogP contribution < -0.4 is 10.6 Å². The van der Waals surface area contributed by atoms with Crippen LogP contribution in [-0.2, 0) is 0 Å². The SMILES string of the molecule is Cc1cccc(N(CCCN)c2nnc(C)c(C)n2)c1. The van der Waals surface area contributed by atoms with Crippen molar-refractivity contribution in [3.8, 4) is 0 Å². The third kappa shape index (κ3) is 3.30. The van der Waals surface area contributed by atoms with Crippen molar-refractivity contribution >= 4 is 11.6 Å². The van der Waals surface area contributed by atoms with Crippen molar-refractivity contribution in [1.82, 2.24) is 15.2 Å². The summed E-state index contributed by atoms with van der Waals surface area (Å²) in [6.45, 7) is 7.36. The summed E-state index contributed by atoms with van der Waals surface area (Å²) in [7, 11) is 0. The number of nitrogens with two attached hydrogens (primary N) is 1. The molecule has 0 amide bonds. The summed E-state index contributed by atoms with van der Waals surface area (Å²) in [4.78, 5) is 6.61. The average molecular weight is 271 g/mol. The Kier molecular flexibility index (Phi) is 4.63. The van der Waals surface area contributed by atoms with Crippen LogP contribution in [0.2, 0.25) is 0 Å². The number of nitrogens with zero attached hydrogens (tertiary/aromatic N) is 4. The molecule has 1 aromatic carbocycles. The Morgan fingerprint density at radius 2 is 1.90 bits per heavy atom. The molecule has 0 spiro atoms. The first-order valence-electron chi connectivity index (χ1n) is 6.84. The van der Waals surface area contributed by atoms with Gasteiger partial charge >= 0.3 is 0 Å². The number of benzene rings is 1. The molecule has 106 valence electrons. The molecule has 0 aliphatic carbocycles. The quantitative estimate of drug-likeness (QED) is 0.903. The zero-order chi connectivity index (χ0) is 14.5. The fourth-order valence-electron chi connectivity index (χ4n) is 1.95. The van der Waals surface area contributed by atoms with E-state index in [1.54, 1.807) is 0 Å². The van der Waals surface area contributed by atoms with E-state index in [4.69, 9.17) is 5.73 Å². The molecule has 2 aromatic rings. The summed E-state index contributed by atoms with van der Waals surface area (Å²) in [5, 5.41) is 8.39.